The van der Waals surface area contributed by atoms with Crippen molar-refractivity contribution in [2.45, 2.75) is 19.3 Å². The van der Waals surface area contributed by atoms with Crippen molar-refractivity contribution in [3.05, 3.63) is 223 Å². The molecule has 0 spiro atoms. The molecule has 1 heteroatoms. The molecule has 0 fully saturated rings. The van der Waals surface area contributed by atoms with Gasteiger partial charge in [0.05, 0.1) is 0 Å². The molecule has 1 nitrogen and oxygen atoms in total. The van der Waals surface area contributed by atoms with E-state index in [1.54, 1.807) is 0 Å². The van der Waals surface area contributed by atoms with Crippen LogP contribution in [-0.4, -0.2) is 0 Å². The predicted octanol–water partition coefficient (Wildman–Crippen LogP) is 15.3. The monoisotopic (exact) mass is 715 g/mol. The predicted molar refractivity (Wildman–Crippen MR) is 238 cm³/mol. The van der Waals surface area contributed by atoms with Crippen molar-refractivity contribution in [2.75, 3.05) is 4.90 Å². The SMILES string of the molecule is CC1(C)c2cc(-c3ccc(-c4ccc(-c5ccccc5)cc4)cc3)ccc2-c2ccc(N(c3ccccc3)c3ccc(-c4cccc5ccccc45)cc3)cc21. The molecule has 0 aliphatic heterocycles. The molecular formula is C55H41N. The molecule has 0 aromatic heterocycles. The molecule has 0 heterocycles. The molecule has 266 valence electrons. The first-order valence-corrected chi connectivity index (χ1v) is 19.5. The summed E-state index contributed by atoms with van der Waals surface area (Å²) < 4.78 is 0. The highest BCUT2D eigenvalue weighted by molar-refractivity contribution is 5.97. The summed E-state index contributed by atoms with van der Waals surface area (Å²) in [6.07, 6.45) is 0. The second kappa shape index (κ2) is 13.7. The van der Waals surface area contributed by atoms with Crippen LogP contribution in [0.4, 0.5) is 17.1 Å². The third-order valence-corrected chi connectivity index (χ3v) is 11.7. The topological polar surface area (TPSA) is 3.24 Å². The normalized spacial score (nSPS) is 12.6. The van der Waals surface area contributed by atoms with Crippen molar-refractivity contribution < 1.29 is 0 Å². The fourth-order valence-corrected chi connectivity index (χ4v) is 8.68. The van der Waals surface area contributed by atoms with Gasteiger partial charge in [-0.05, 0) is 120 Å². The highest BCUT2D eigenvalue weighted by Crippen LogP contribution is 2.51. The Kier molecular flexibility index (Phi) is 8.23. The molecule has 0 bridgehead atoms. The van der Waals surface area contributed by atoms with Crippen LogP contribution in [0.25, 0.3) is 66.4 Å². The average Bonchev–Trinajstić information content (AvgIpc) is 3.49. The second-order valence-electron chi connectivity index (χ2n) is 15.4. The van der Waals surface area contributed by atoms with Gasteiger partial charge in [-0.3, -0.25) is 0 Å². The fourth-order valence-electron chi connectivity index (χ4n) is 8.68. The van der Waals surface area contributed by atoms with Gasteiger partial charge in [-0.15, -0.1) is 0 Å². The molecule has 56 heavy (non-hydrogen) atoms. The molecule has 0 saturated carbocycles. The quantitative estimate of drug-likeness (QED) is 0.159. The first-order valence-electron chi connectivity index (χ1n) is 19.5. The zero-order chi connectivity index (χ0) is 37.6. The van der Waals surface area contributed by atoms with E-state index >= 15 is 0 Å². The van der Waals surface area contributed by atoms with Crippen LogP contribution in [0.2, 0.25) is 0 Å². The largest absolute Gasteiger partial charge is 0.310 e. The van der Waals surface area contributed by atoms with Gasteiger partial charge in [-0.2, -0.15) is 0 Å². The molecule has 0 amide bonds. The molecule has 0 saturated heterocycles. The van der Waals surface area contributed by atoms with Gasteiger partial charge in [0, 0.05) is 22.5 Å². The summed E-state index contributed by atoms with van der Waals surface area (Å²) in [4.78, 5) is 2.38. The minimum absolute atomic E-state index is 0.169. The minimum atomic E-state index is -0.169. The maximum atomic E-state index is 2.42. The Morgan fingerprint density at radius 1 is 0.304 bits per heavy atom. The maximum Gasteiger partial charge on any atom is 0.0465 e. The summed E-state index contributed by atoms with van der Waals surface area (Å²) in [6, 6.07) is 77.5. The molecular weight excluding hydrogens is 675 g/mol. The van der Waals surface area contributed by atoms with Crippen LogP contribution in [0.3, 0.4) is 0 Å². The maximum absolute atomic E-state index is 2.42. The van der Waals surface area contributed by atoms with Gasteiger partial charge in [0.25, 0.3) is 0 Å². The lowest BCUT2D eigenvalue weighted by molar-refractivity contribution is 0.660. The molecule has 0 N–H and O–H groups in total. The van der Waals surface area contributed by atoms with Gasteiger partial charge in [0.2, 0.25) is 0 Å². The van der Waals surface area contributed by atoms with Crippen LogP contribution in [0.15, 0.2) is 212 Å². The van der Waals surface area contributed by atoms with E-state index in [4.69, 9.17) is 0 Å². The van der Waals surface area contributed by atoms with E-state index < -0.39 is 0 Å². The van der Waals surface area contributed by atoms with Gasteiger partial charge in [-0.25, -0.2) is 0 Å². The van der Waals surface area contributed by atoms with Crippen molar-refractivity contribution in [1.29, 1.82) is 0 Å². The second-order valence-corrected chi connectivity index (χ2v) is 15.4. The van der Waals surface area contributed by atoms with Crippen LogP contribution in [0, 0.1) is 0 Å². The Bertz CT molecular complexity index is 2830. The molecule has 1 aliphatic rings. The molecule has 10 rings (SSSR count). The van der Waals surface area contributed by atoms with Crippen LogP contribution in [-0.2, 0) is 5.41 Å². The zero-order valence-corrected chi connectivity index (χ0v) is 31.7. The van der Waals surface area contributed by atoms with E-state index in [1.165, 1.54) is 77.5 Å². The number of anilines is 3. The Labute approximate surface area is 329 Å². The number of nitrogens with zero attached hydrogens (tertiary/aromatic N) is 1. The van der Waals surface area contributed by atoms with Gasteiger partial charge >= 0.3 is 0 Å². The van der Waals surface area contributed by atoms with Crippen molar-refractivity contribution in [3.8, 4) is 55.6 Å². The Morgan fingerprint density at radius 2 is 0.750 bits per heavy atom. The zero-order valence-electron chi connectivity index (χ0n) is 31.7. The van der Waals surface area contributed by atoms with E-state index in [0.29, 0.717) is 0 Å². The summed E-state index contributed by atoms with van der Waals surface area (Å²) in [6.45, 7) is 4.75. The lowest BCUT2D eigenvalue weighted by atomic mass is 9.81. The van der Waals surface area contributed by atoms with Crippen molar-refractivity contribution in [3.63, 3.8) is 0 Å². The molecule has 0 radical (unpaired) electrons. The number of benzene rings is 9. The lowest BCUT2D eigenvalue weighted by Gasteiger charge is -2.28. The van der Waals surface area contributed by atoms with Gasteiger partial charge in [0.15, 0.2) is 0 Å². The van der Waals surface area contributed by atoms with Crippen molar-refractivity contribution in [1.82, 2.24) is 0 Å². The van der Waals surface area contributed by atoms with E-state index in [0.717, 1.165) is 17.1 Å². The first kappa shape index (κ1) is 33.6. The Morgan fingerprint density at radius 3 is 1.41 bits per heavy atom. The number of para-hydroxylation sites is 1. The minimum Gasteiger partial charge on any atom is -0.310 e. The number of hydrogen-bond acceptors (Lipinski definition) is 1. The van der Waals surface area contributed by atoms with Crippen LogP contribution >= 0.6 is 0 Å². The third-order valence-electron chi connectivity index (χ3n) is 11.7. The van der Waals surface area contributed by atoms with Gasteiger partial charge in [-0.1, -0.05) is 184 Å². The van der Waals surface area contributed by atoms with Gasteiger partial charge < -0.3 is 4.90 Å². The molecule has 9 aromatic rings. The fraction of sp³-hybridized carbons (Fsp3) is 0.0545. The first-order chi connectivity index (χ1) is 27.5. The van der Waals surface area contributed by atoms with Crippen LogP contribution in [0.1, 0.15) is 25.0 Å². The smallest absolute Gasteiger partial charge is 0.0465 e. The van der Waals surface area contributed by atoms with Gasteiger partial charge in [0.1, 0.15) is 0 Å². The molecule has 1 aliphatic carbocycles. The van der Waals surface area contributed by atoms with Crippen molar-refractivity contribution in [2.24, 2.45) is 0 Å². The van der Waals surface area contributed by atoms with Crippen LogP contribution < -0.4 is 4.90 Å². The average molecular weight is 716 g/mol. The highest BCUT2D eigenvalue weighted by atomic mass is 15.1. The van der Waals surface area contributed by atoms with E-state index in [-0.39, 0.29) is 5.41 Å². The highest BCUT2D eigenvalue weighted by Gasteiger charge is 2.36. The van der Waals surface area contributed by atoms with E-state index in [9.17, 15) is 0 Å². The van der Waals surface area contributed by atoms with E-state index in [2.05, 4.69) is 231 Å². The Balaban J connectivity index is 0.955. The number of rotatable bonds is 7. The van der Waals surface area contributed by atoms with E-state index in [1.807, 2.05) is 0 Å². The standard InChI is InChI=1S/C55H41N/c1-55(2)53-36-45(42-26-24-41(25-27-42)40-22-20-39(21-23-40)38-12-5-3-6-13-38)30-34-51(53)52-35-33-48(37-54(52)55)56(46-16-7-4-8-17-46)47-31-28-44(29-32-47)50-19-11-15-43-14-9-10-18-49(43)50/h3-37H,1-2H3. The van der Waals surface area contributed by atoms with Crippen LogP contribution in [0.5, 0.6) is 0 Å². The molecule has 9 aromatic carbocycles. The summed E-state index contributed by atoms with van der Waals surface area (Å²) >= 11 is 0. The summed E-state index contributed by atoms with van der Waals surface area (Å²) in [5, 5.41) is 2.53. The third kappa shape index (κ3) is 5.90. The van der Waals surface area contributed by atoms with Crippen molar-refractivity contribution >= 4 is 27.8 Å². The summed E-state index contributed by atoms with van der Waals surface area (Å²) in [5.74, 6) is 0. The molecule has 0 unspecified atom stereocenters. The number of hydrogen-bond donors (Lipinski definition) is 0. The molecule has 0 atom stereocenters. The number of fused-ring (bicyclic) bond motifs is 4. The lowest BCUT2D eigenvalue weighted by Crippen LogP contribution is -2.16. The Hall–Kier alpha value is -6.96. The summed E-state index contributed by atoms with van der Waals surface area (Å²) in [5.41, 5.74) is 18.5. The summed E-state index contributed by atoms with van der Waals surface area (Å²) in [7, 11) is 0.